The van der Waals surface area contributed by atoms with Gasteiger partial charge in [0, 0.05) is 25.7 Å². The van der Waals surface area contributed by atoms with Crippen LogP contribution in [-0.2, 0) is 24.7 Å². The second kappa shape index (κ2) is 5.24. The maximum atomic E-state index is 11.8. The first-order chi connectivity index (χ1) is 9.10. The molecule has 0 aliphatic carbocycles. The number of carboxylic acids is 1. The maximum absolute atomic E-state index is 11.8. The SMILES string of the molecule is CS(=O)(=O)N1CCN(CCC(=O)O)[C@@H]2CS(=O)(=O)C[C@@H]21. The van der Waals surface area contributed by atoms with E-state index < -0.39 is 37.9 Å². The van der Waals surface area contributed by atoms with Crippen molar-refractivity contribution < 1.29 is 26.7 Å². The van der Waals surface area contributed by atoms with Gasteiger partial charge in [0.1, 0.15) is 0 Å². The minimum absolute atomic E-state index is 0.0812. The third-order valence-corrected chi connectivity index (χ3v) is 6.78. The van der Waals surface area contributed by atoms with Crippen LogP contribution in [0.4, 0.5) is 0 Å². The monoisotopic (exact) mass is 326 g/mol. The summed E-state index contributed by atoms with van der Waals surface area (Å²) in [5.74, 6) is -1.25. The molecule has 2 saturated heterocycles. The van der Waals surface area contributed by atoms with Gasteiger partial charge in [0.25, 0.3) is 0 Å². The zero-order valence-electron chi connectivity index (χ0n) is 11.1. The molecule has 0 aromatic rings. The van der Waals surface area contributed by atoms with E-state index in [4.69, 9.17) is 5.11 Å². The van der Waals surface area contributed by atoms with Gasteiger partial charge in [-0.25, -0.2) is 16.8 Å². The first-order valence-electron chi connectivity index (χ1n) is 6.23. The van der Waals surface area contributed by atoms with E-state index in [-0.39, 0.29) is 31.0 Å². The lowest BCUT2D eigenvalue weighted by Gasteiger charge is -2.42. The molecule has 0 unspecified atom stereocenters. The Labute approximate surface area is 118 Å². The predicted molar refractivity (Wildman–Crippen MR) is 71.6 cm³/mol. The molecule has 2 heterocycles. The van der Waals surface area contributed by atoms with E-state index in [1.54, 1.807) is 4.90 Å². The fraction of sp³-hybridized carbons (Fsp3) is 0.900. The molecule has 10 heteroatoms. The van der Waals surface area contributed by atoms with Gasteiger partial charge in [-0.15, -0.1) is 0 Å². The normalized spacial score (nSPS) is 31.1. The molecule has 8 nitrogen and oxygen atoms in total. The Balaban J connectivity index is 2.22. The summed E-state index contributed by atoms with van der Waals surface area (Å²) in [6.45, 7) is 0.801. The van der Waals surface area contributed by atoms with Crippen LogP contribution in [0.1, 0.15) is 6.42 Å². The first kappa shape index (κ1) is 15.7. The van der Waals surface area contributed by atoms with E-state index in [9.17, 15) is 21.6 Å². The predicted octanol–water partition coefficient (Wildman–Crippen LogP) is -1.80. The molecule has 2 aliphatic heterocycles. The van der Waals surface area contributed by atoms with E-state index in [0.717, 1.165) is 6.26 Å². The number of carboxylic acid groups (broad SMARTS) is 1. The highest BCUT2D eigenvalue weighted by atomic mass is 32.2. The number of piperazine rings is 1. The van der Waals surface area contributed by atoms with Gasteiger partial charge in [-0.05, 0) is 0 Å². The average molecular weight is 326 g/mol. The number of nitrogens with zero attached hydrogens (tertiary/aromatic N) is 2. The Morgan fingerprint density at radius 3 is 2.40 bits per heavy atom. The Morgan fingerprint density at radius 2 is 1.85 bits per heavy atom. The molecule has 116 valence electrons. The lowest BCUT2D eigenvalue weighted by molar-refractivity contribution is -0.137. The lowest BCUT2D eigenvalue weighted by atomic mass is 10.1. The Bertz CT molecular complexity index is 599. The molecular formula is C10H18N2O6S2. The van der Waals surface area contributed by atoms with Gasteiger partial charge in [0.05, 0.1) is 30.2 Å². The summed E-state index contributed by atoms with van der Waals surface area (Å²) in [6.07, 6.45) is 0.990. The summed E-state index contributed by atoms with van der Waals surface area (Å²) < 4.78 is 48.3. The van der Waals surface area contributed by atoms with E-state index in [1.807, 2.05) is 0 Å². The van der Waals surface area contributed by atoms with Crippen molar-refractivity contribution in [3.05, 3.63) is 0 Å². The van der Waals surface area contributed by atoms with Gasteiger partial charge in [0.15, 0.2) is 9.84 Å². The van der Waals surface area contributed by atoms with E-state index in [1.165, 1.54) is 4.31 Å². The van der Waals surface area contributed by atoms with Crippen molar-refractivity contribution in [2.75, 3.05) is 37.4 Å². The largest absolute Gasteiger partial charge is 0.481 e. The Kier molecular flexibility index (Phi) is 4.11. The molecule has 0 bridgehead atoms. The smallest absolute Gasteiger partial charge is 0.304 e. The number of fused-ring (bicyclic) bond motifs is 1. The fourth-order valence-electron chi connectivity index (χ4n) is 2.92. The topological polar surface area (TPSA) is 112 Å². The third-order valence-electron chi connectivity index (χ3n) is 3.78. The van der Waals surface area contributed by atoms with Crippen molar-refractivity contribution in [1.82, 2.24) is 9.21 Å². The highest BCUT2D eigenvalue weighted by Gasteiger charge is 2.48. The van der Waals surface area contributed by atoms with Crippen LogP contribution in [0.5, 0.6) is 0 Å². The van der Waals surface area contributed by atoms with Gasteiger partial charge in [-0.1, -0.05) is 0 Å². The maximum Gasteiger partial charge on any atom is 0.304 e. The number of hydrogen-bond acceptors (Lipinski definition) is 6. The second-order valence-corrected chi connectivity index (χ2v) is 9.35. The number of sulfone groups is 1. The highest BCUT2D eigenvalue weighted by Crippen LogP contribution is 2.28. The third kappa shape index (κ3) is 3.30. The van der Waals surface area contributed by atoms with Crippen LogP contribution < -0.4 is 0 Å². The van der Waals surface area contributed by atoms with Crippen molar-refractivity contribution in [3.8, 4) is 0 Å². The Morgan fingerprint density at radius 1 is 1.25 bits per heavy atom. The second-order valence-electron chi connectivity index (χ2n) is 5.27. The minimum atomic E-state index is -3.46. The summed E-state index contributed by atoms with van der Waals surface area (Å²) in [4.78, 5) is 12.4. The molecule has 2 aliphatic rings. The van der Waals surface area contributed by atoms with Gasteiger partial charge < -0.3 is 5.11 Å². The Hall–Kier alpha value is -0.710. The van der Waals surface area contributed by atoms with E-state index in [0.29, 0.717) is 6.54 Å². The average Bonchev–Trinajstić information content (AvgIpc) is 2.58. The van der Waals surface area contributed by atoms with Gasteiger partial charge in [-0.2, -0.15) is 4.31 Å². The number of carbonyl (C=O) groups is 1. The van der Waals surface area contributed by atoms with Gasteiger partial charge >= 0.3 is 5.97 Å². The molecule has 0 aromatic carbocycles. The molecular weight excluding hydrogens is 308 g/mol. The summed E-state index contributed by atoms with van der Waals surface area (Å²) in [7, 11) is -6.75. The molecule has 2 atom stereocenters. The molecule has 1 N–H and O–H groups in total. The van der Waals surface area contributed by atoms with Crippen LogP contribution in [0.15, 0.2) is 0 Å². The summed E-state index contributed by atoms with van der Waals surface area (Å²) in [5.41, 5.74) is 0. The molecule has 0 radical (unpaired) electrons. The fourth-order valence-corrected chi connectivity index (χ4v) is 6.15. The molecule has 0 spiro atoms. The van der Waals surface area contributed by atoms with Crippen LogP contribution >= 0.6 is 0 Å². The van der Waals surface area contributed by atoms with E-state index >= 15 is 0 Å². The molecule has 2 fully saturated rings. The van der Waals surface area contributed by atoms with Crippen LogP contribution in [0, 0.1) is 0 Å². The minimum Gasteiger partial charge on any atom is -0.481 e. The first-order valence-corrected chi connectivity index (χ1v) is 9.90. The zero-order chi connectivity index (χ0) is 15.1. The number of aliphatic carboxylic acids is 1. The number of hydrogen-bond donors (Lipinski definition) is 1. The van der Waals surface area contributed by atoms with Crippen molar-refractivity contribution in [2.45, 2.75) is 18.5 Å². The van der Waals surface area contributed by atoms with Crippen LogP contribution in [0.25, 0.3) is 0 Å². The molecule has 2 rings (SSSR count). The number of rotatable bonds is 4. The van der Waals surface area contributed by atoms with Crippen molar-refractivity contribution in [2.24, 2.45) is 0 Å². The summed E-state index contributed by atoms with van der Waals surface area (Å²) >= 11 is 0. The van der Waals surface area contributed by atoms with Crippen LogP contribution in [0.2, 0.25) is 0 Å². The molecule has 0 amide bonds. The molecule has 0 aromatic heterocycles. The van der Waals surface area contributed by atoms with Crippen molar-refractivity contribution in [3.63, 3.8) is 0 Å². The standard InChI is InChI=1S/C10H18N2O6S2/c1-19(15,16)12-5-4-11(3-2-10(13)14)8-6-20(17,18)7-9(8)12/h8-9H,2-7H2,1H3,(H,13,14)/t8-,9+/m1/s1. The zero-order valence-corrected chi connectivity index (χ0v) is 12.7. The highest BCUT2D eigenvalue weighted by molar-refractivity contribution is 7.92. The summed E-state index contributed by atoms with van der Waals surface area (Å²) in [5, 5.41) is 8.72. The van der Waals surface area contributed by atoms with Gasteiger partial charge in [-0.3, -0.25) is 9.69 Å². The van der Waals surface area contributed by atoms with Crippen LogP contribution in [0.3, 0.4) is 0 Å². The molecule has 20 heavy (non-hydrogen) atoms. The van der Waals surface area contributed by atoms with Crippen LogP contribution in [-0.4, -0.2) is 86.6 Å². The number of sulfonamides is 1. The van der Waals surface area contributed by atoms with E-state index in [2.05, 4.69) is 0 Å². The van der Waals surface area contributed by atoms with Crippen molar-refractivity contribution in [1.29, 1.82) is 0 Å². The van der Waals surface area contributed by atoms with Crippen molar-refractivity contribution >= 4 is 25.8 Å². The molecule has 0 saturated carbocycles. The lowest BCUT2D eigenvalue weighted by Crippen LogP contribution is -2.60. The quantitative estimate of drug-likeness (QED) is 0.649. The van der Waals surface area contributed by atoms with Gasteiger partial charge in [0.2, 0.25) is 10.0 Å². The summed E-state index contributed by atoms with van der Waals surface area (Å²) in [6, 6.07) is -1.04.